The zero-order valence-electron chi connectivity index (χ0n) is 9.55. The molecule has 0 saturated heterocycles. The number of alkyl halides is 4. The number of hydrogen-bond donors (Lipinski definition) is 0. The lowest BCUT2D eigenvalue weighted by Gasteiger charge is -2.11. The zero-order chi connectivity index (χ0) is 13.9. The first kappa shape index (κ1) is 15.9. The lowest BCUT2D eigenvalue weighted by Crippen LogP contribution is -2.11. The van der Waals surface area contributed by atoms with Crippen molar-refractivity contribution in [1.82, 2.24) is 0 Å². The van der Waals surface area contributed by atoms with Crippen LogP contribution in [0.5, 0.6) is 0 Å². The minimum atomic E-state index is -4.32. The molecular weight excluding hydrogens is 349 g/mol. The lowest BCUT2D eigenvalue weighted by molar-refractivity contribution is -0.0328. The summed E-state index contributed by atoms with van der Waals surface area (Å²) in [7, 11) is 0. The third-order valence-corrected chi connectivity index (χ3v) is 3.95. The molecule has 0 spiro atoms. The molecule has 0 N–H and O–H groups in total. The van der Waals surface area contributed by atoms with Gasteiger partial charge in [0.1, 0.15) is 0 Å². The standard InChI is InChI=1S/C11H10BrF3OS2/c1-6(12)10(16)8-4-3-7(5-9(8)17-2)18-11(13,14)15/h3-6H,1-2H3. The number of ketones is 1. The summed E-state index contributed by atoms with van der Waals surface area (Å²) >= 11 is 4.24. The Hall–Kier alpha value is -0.140. The van der Waals surface area contributed by atoms with Gasteiger partial charge in [0.05, 0.1) is 4.83 Å². The van der Waals surface area contributed by atoms with Crippen molar-refractivity contribution in [3.63, 3.8) is 0 Å². The van der Waals surface area contributed by atoms with E-state index in [1.165, 1.54) is 30.0 Å². The van der Waals surface area contributed by atoms with E-state index in [1.54, 1.807) is 13.2 Å². The molecular formula is C11H10BrF3OS2. The average Bonchev–Trinajstić information content (AvgIpc) is 2.25. The van der Waals surface area contributed by atoms with Crippen molar-refractivity contribution in [3.8, 4) is 0 Å². The van der Waals surface area contributed by atoms with E-state index >= 15 is 0 Å². The molecule has 1 atom stereocenters. The van der Waals surface area contributed by atoms with E-state index in [0.29, 0.717) is 10.5 Å². The number of Topliss-reactive ketones (excluding diaryl/α,β-unsaturated/α-hetero) is 1. The molecule has 0 fully saturated rings. The van der Waals surface area contributed by atoms with E-state index in [0.717, 1.165) is 0 Å². The highest BCUT2D eigenvalue weighted by molar-refractivity contribution is 9.10. The molecule has 18 heavy (non-hydrogen) atoms. The van der Waals surface area contributed by atoms with Crippen LogP contribution < -0.4 is 0 Å². The smallest absolute Gasteiger partial charge is 0.293 e. The van der Waals surface area contributed by atoms with Gasteiger partial charge >= 0.3 is 5.51 Å². The van der Waals surface area contributed by atoms with Crippen LogP contribution in [0, 0.1) is 0 Å². The first-order chi connectivity index (χ1) is 8.24. The van der Waals surface area contributed by atoms with E-state index in [1.807, 2.05) is 0 Å². The number of thioether (sulfide) groups is 2. The molecule has 1 unspecified atom stereocenters. The third-order valence-electron chi connectivity index (χ3n) is 2.03. The number of benzene rings is 1. The van der Waals surface area contributed by atoms with Crippen molar-refractivity contribution in [3.05, 3.63) is 23.8 Å². The van der Waals surface area contributed by atoms with Gasteiger partial charge in [0.25, 0.3) is 0 Å². The van der Waals surface area contributed by atoms with Gasteiger partial charge in [0, 0.05) is 15.4 Å². The summed E-state index contributed by atoms with van der Waals surface area (Å²) in [5.41, 5.74) is -3.87. The Morgan fingerprint density at radius 2 is 2.00 bits per heavy atom. The molecule has 0 radical (unpaired) electrons. The molecule has 0 aromatic heterocycles. The largest absolute Gasteiger partial charge is 0.446 e. The Balaban J connectivity index is 3.08. The van der Waals surface area contributed by atoms with Crippen LogP contribution in [0.25, 0.3) is 0 Å². The summed E-state index contributed by atoms with van der Waals surface area (Å²) in [5.74, 6) is -0.136. The molecule has 1 aromatic carbocycles. The fourth-order valence-corrected chi connectivity index (χ4v) is 2.82. The van der Waals surface area contributed by atoms with Gasteiger partial charge in [-0.05, 0) is 43.1 Å². The highest BCUT2D eigenvalue weighted by atomic mass is 79.9. The number of carbonyl (C=O) groups excluding carboxylic acids is 1. The van der Waals surface area contributed by atoms with Crippen LogP contribution >= 0.6 is 39.5 Å². The fourth-order valence-electron chi connectivity index (χ4n) is 1.29. The summed E-state index contributed by atoms with van der Waals surface area (Å²) in [6, 6.07) is 4.16. The number of halogens is 4. The molecule has 0 aliphatic heterocycles. The molecule has 100 valence electrons. The number of carbonyl (C=O) groups is 1. The highest BCUT2D eigenvalue weighted by Crippen LogP contribution is 2.38. The Kier molecular flexibility index (Phi) is 5.61. The van der Waals surface area contributed by atoms with Crippen molar-refractivity contribution in [1.29, 1.82) is 0 Å². The Morgan fingerprint density at radius 1 is 1.39 bits per heavy atom. The Labute approximate surface area is 120 Å². The maximum atomic E-state index is 12.2. The minimum Gasteiger partial charge on any atom is -0.293 e. The zero-order valence-corrected chi connectivity index (χ0v) is 12.8. The summed E-state index contributed by atoms with van der Waals surface area (Å²) in [5, 5.41) is 0. The molecule has 1 aromatic rings. The van der Waals surface area contributed by atoms with Gasteiger partial charge in [-0.25, -0.2) is 0 Å². The quantitative estimate of drug-likeness (QED) is 0.429. The van der Waals surface area contributed by atoms with E-state index in [-0.39, 0.29) is 27.3 Å². The molecule has 0 aliphatic carbocycles. The molecule has 1 rings (SSSR count). The van der Waals surface area contributed by atoms with E-state index in [2.05, 4.69) is 15.9 Å². The van der Waals surface area contributed by atoms with Crippen molar-refractivity contribution in [2.75, 3.05) is 6.26 Å². The predicted octanol–water partition coefficient (Wildman–Crippen LogP) is 4.99. The minimum absolute atomic E-state index is 0.0885. The van der Waals surface area contributed by atoms with Crippen LogP contribution in [0.4, 0.5) is 13.2 Å². The Bertz CT molecular complexity index is 446. The first-order valence-electron chi connectivity index (χ1n) is 4.86. The molecule has 7 heteroatoms. The lowest BCUT2D eigenvalue weighted by atomic mass is 10.1. The van der Waals surface area contributed by atoms with Crippen molar-refractivity contribution in [2.45, 2.75) is 27.1 Å². The Morgan fingerprint density at radius 3 is 2.44 bits per heavy atom. The van der Waals surface area contributed by atoms with E-state index in [4.69, 9.17) is 0 Å². The van der Waals surface area contributed by atoms with Crippen LogP contribution in [0.2, 0.25) is 0 Å². The van der Waals surface area contributed by atoms with Gasteiger partial charge in [-0.15, -0.1) is 11.8 Å². The first-order valence-corrected chi connectivity index (χ1v) is 7.82. The highest BCUT2D eigenvalue weighted by Gasteiger charge is 2.29. The summed E-state index contributed by atoms with van der Waals surface area (Å²) in [6.07, 6.45) is 1.73. The molecule has 0 heterocycles. The van der Waals surface area contributed by atoms with Crippen LogP contribution in [-0.2, 0) is 0 Å². The second-order valence-electron chi connectivity index (χ2n) is 3.39. The molecule has 0 aliphatic rings. The summed E-state index contributed by atoms with van der Waals surface area (Å²) in [4.78, 5) is 12.1. The van der Waals surface area contributed by atoms with Gasteiger partial charge in [0.15, 0.2) is 5.78 Å². The van der Waals surface area contributed by atoms with Crippen molar-refractivity contribution < 1.29 is 18.0 Å². The predicted molar refractivity (Wildman–Crippen MR) is 72.9 cm³/mol. The number of rotatable bonds is 4. The third kappa shape index (κ3) is 4.51. The van der Waals surface area contributed by atoms with Crippen LogP contribution in [-0.4, -0.2) is 22.4 Å². The van der Waals surface area contributed by atoms with Gasteiger partial charge in [-0.1, -0.05) is 15.9 Å². The fraction of sp³-hybridized carbons (Fsp3) is 0.364. The van der Waals surface area contributed by atoms with Crippen LogP contribution in [0.3, 0.4) is 0 Å². The molecule has 0 saturated carbocycles. The van der Waals surface area contributed by atoms with E-state index < -0.39 is 5.51 Å². The van der Waals surface area contributed by atoms with Crippen LogP contribution in [0.15, 0.2) is 28.0 Å². The second-order valence-corrected chi connectivity index (χ2v) is 6.75. The average molecular weight is 359 g/mol. The molecule has 0 amide bonds. The SMILES string of the molecule is CSc1cc(SC(F)(F)F)ccc1C(=O)C(C)Br. The van der Waals surface area contributed by atoms with Gasteiger partial charge in [-0.2, -0.15) is 13.2 Å². The maximum absolute atomic E-state index is 12.2. The summed E-state index contributed by atoms with van der Waals surface area (Å²) in [6.45, 7) is 1.69. The van der Waals surface area contributed by atoms with Crippen molar-refractivity contribution in [2.24, 2.45) is 0 Å². The van der Waals surface area contributed by atoms with Gasteiger partial charge < -0.3 is 0 Å². The van der Waals surface area contributed by atoms with Gasteiger partial charge in [0.2, 0.25) is 0 Å². The van der Waals surface area contributed by atoms with E-state index in [9.17, 15) is 18.0 Å². The normalized spacial score (nSPS) is 13.4. The van der Waals surface area contributed by atoms with Crippen molar-refractivity contribution >= 4 is 45.2 Å². The molecule has 0 bridgehead atoms. The van der Waals surface area contributed by atoms with Crippen LogP contribution in [0.1, 0.15) is 17.3 Å². The second kappa shape index (κ2) is 6.34. The number of hydrogen-bond acceptors (Lipinski definition) is 3. The topological polar surface area (TPSA) is 17.1 Å². The van der Waals surface area contributed by atoms with Gasteiger partial charge in [-0.3, -0.25) is 4.79 Å². The summed E-state index contributed by atoms with van der Waals surface area (Å²) < 4.78 is 36.7. The maximum Gasteiger partial charge on any atom is 0.446 e. The molecule has 1 nitrogen and oxygen atoms in total. The monoisotopic (exact) mass is 358 g/mol.